The number of amides is 1. The highest BCUT2D eigenvalue weighted by Gasteiger charge is 2.47. The second-order valence-electron chi connectivity index (χ2n) is 5.07. The van der Waals surface area contributed by atoms with Crippen LogP contribution in [0.4, 0.5) is 0 Å². The van der Waals surface area contributed by atoms with E-state index in [9.17, 15) is 9.59 Å². The number of hydrogen-bond donors (Lipinski definition) is 0. The zero-order chi connectivity index (χ0) is 13.1. The van der Waals surface area contributed by atoms with Crippen molar-refractivity contribution in [3.63, 3.8) is 0 Å². The van der Waals surface area contributed by atoms with Crippen LogP contribution in [-0.4, -0.2) is 35.5 Å². The van der Waals surface area contributed by atoms with Crippen LogP contribution in [-0.2, 0) is 14.3 Å². The van der Waals surface area contributed by atoms with Gasteiger partial charge >= 0.3 is 5.97 Å². The summed E-state index contributed by atoms with van der Waals surface area (Å²) >= 11 is 0. The SMILES string of the molecule is C=CC(=O)N1[C@H](C(=O)OCC)C[C@@H]2CCCC[C@@H]21. The third-order valence-corrected chi connectivity index (χ3v) is 4.08. The molecule has 1 saturated heterocycles. The molecule has 100 valence electrons. The Hall–Kier alpha value is -1.32. The Balaban J connectivity index is 2.19. The van der Waals surface area contributed by atoms with Gasteiger partial charge in [-0.15, -0.1) is 0 Å². The van der Waals surface area contributed by atoms with E-state index >= 15 is 0 Å². The summed E-state index contributed by atoms with van der Waals surface area (Å²) in [7, 11) is 0. The van der Waals surface area contributed by atoms with Crippen LogP contribution in [0.3, 0.4) is 0 Å². The highest BCUT2D eigenvalue weighted by atomic mass is 16.5. The largest absolute Gasteiger partial charge is 0.464 e. The van der Waals surface area contributed by atoms with E-state index in [1.54, 1.807) is 11.8 Å². The Labute approximate surface area is 108 Å². The first-order valence-electron chi connectivity index (χ1n) is 6.80. The molecule has 1 aliphatic heterocycles. The third kappa shape index (κ3) is 2.28. The van der Waals surface area contributed by atoms with Gasteiger partial charge in [-0.2, -0.15) is 0 Å². The summed E-state index contributed by atoms with van der Waals surface area (Å²) in [6, 6.07) is -0.192. The van der Waals surface area contributed by atoms with Gasteiger partial charge in [0.2, 0.25) is 5.91 Å². The second kappa shape index (κ2) is 5.55. The predicted molar refractivity (Wildman–Crippen MR) is 67.8 cm³/mol. The fraction of sp³-hybridized carbons (Fsp3) is 0.714. The maximum atomic E-state index is 12.0. The number of carbonyl (C=O) groups is 2. The Kier molecular flexibility index (Phi) is 4.04. The van der Waals surface area contributed by atoms with Gasteiger partial charge in [-0.3, -0.25) is 4.79 Å². The van der Waals surface area contributed by atoms with Gasteiger partial charge in [0.15, 0.2) is 0 Å². The van der Waals surface area contributed by atoms with Crippen molar-refractivity contribution >= 4 is 11.9 Å². The molecule has 2 fully saturated rings. The minimum absolute atomic E-state index is 0.137. The lowest BCUT2D eigenvalue weighted by atomic mass is 9.85. The number of carbonyl (C=O) groups excluding carboxylic acids is 2. The van der Waals surface area contributed by atoms with E-state index in [0.717, 1.165) is 25.7 Å². The highest BCUT2D eigenvalue weighted by Crippen LogP contribution is 2.40. The first-order valence-corrected chi connectivity index (χ1v) is 6.80. The summed E-state index contributed by atoms with van der Waals surface area (Å²) in [5.74, 6) is 0.0570. The van der Waals surface area contributed by atoms with E-state index < -0.39 is 6.04 Å². The molecule has 0 N–H and O–H groups in total. The molecule has 0 aromatic rings. The molecule has 1 heterocycles. The van der Waals surface area contributed by atoms with E-state index in [1.165, 1.54) is 12.5 Å². The zero-order valence-electron chi connectivity index (χ0n) is 10.9. The number of ether oxygens (including phenoxy) is 1. The number of nitrogens with zero attached hydrogens (tertiary/aromatic N) is 1. The summed E-state index contributed by atoms with van der Waals surface area (Å²) < 4.78 is 5.09. The van der Waals surface area contributed by atoms with Gasteiger partial charge in [-0.1, -0.05) is 19.4 Å². The third-order valence-electron chi connectivity index (χ3n) is 4.08. The lowest BCUT2D eigenvalue weighted by Crippen LogP contribution is -2.46. The standard InChI is InChI=1S/C14H21NO3/c1-3-13(16)15-11-8-6-5-7-10(11)9-12(15)14(17)18-4-2/h3,10-12H,1,4-9H2,2H3/t10-,11-,12-/m0/s1. The van der Waals surface area contributed by atoms with Crippen LogP contribution in [0, 0.1) is 5.92 Å². The smallest absolute Gasteiger partial charge is 0.328 e. The van der Waals surface area contributed by atoms with Crippen LogP contribution in [0.2, 0.25) is 0 Å². The molecule has 0 bridgehead atoms. The van der Waals surface area contributed by atoms with Crippen LogP contribution in [0.1, 0.15) is 39.0 Å². The average Bonchev–Trinajstić information content (AvgIpc) is 2.77. The molecule has 2 aliphatic rings. The molecular formula is C14H21NO3. The van der Waals surface area contributed by atoms with E-state index in [4.69, 9.17) is 4.74 Å². The van der Waals surface area contributed by atoms with Crippen LogP contribution in [0.25, 0.3) is 0 Å². The van der Waals surface area contributed by atoms with Crippen LogP contribution in [0.5, 0.6) is 0 Å². The summed E-state index contributed by atoms with van der Waals surface area (Å²) in [6.45, 7) is 5.69. The topological polar surface area (TPSA) is 46.6 Å². The molecule has 0 aromatic heterocycles. The van der Waals surface area contributed by atoms with Crippen molar-refractivity contribution in [1.82, 2.24) is 4.90 Å². The van der Waals surface area contributed by atoms with Crippen molar-refractivity contribution < 1.29 is 14.3 Å². The van der Waals surface area contributed by atoms with E-state index in [0.29, 0.717) is 12.5 Å². The molecule has 18 heavy (non-hydrogen) atoms. The van der Waals surface area contributed by atoms with Crippen molar-refractivity contribution in [2.45, 2.75) is 51.1 Å². The van der Waals surface area contributed by atoms with Crippen molar-refractivity contribution in [3.05, 3.63) is 12.7 Å². The van der Waals surface area contributed by atoms with Crippen molar-refractivity contribution in [3.8, 4) is 0 Å². The monoisotopic (exact) mass is 251 g/mol. The number of fused-ring (bicyclic) bond motifs is 1. The zero-order valence-corrected chi connectivity index (χ0v) is 10.9. The number of hydrogen-bond acceptors (Lipinski definition) is 3. The molecule has 3 atom stereocenters. The van der Waals surface area contributed by atoms with Crippen molar-refractivity contribution in [2.75, 3.05) is 6.61 Å². The van der Waals surface area contributed by atoms with Crippen LogP contribution in [0.15, 0.2) is 12.7 Å². The Morgan fingerprint density at radius 2 is 2.11 bits per heavy atom. The van der Waals surface area contributed by atoms with Gasteiger partial charge in [0.1, 0.15) is 6.04 Å². The van der Waals surface area contributed by atoms with Gasteiger partial charge < -0.3 is 9.64 Å². The van der Waals surface area contributed by atoms with Crippen molar-refractivity contribution in [1.29, 1.82) is 0 Å². The molecule has 0 radical (unpaired) electrons. The number of esters is 1. The fourth-order valence-corrected chi connectivity index (χ4v) is 3.33. The maximum absolute atomic E-state index is 12.0. The molecular weight excluding hydrogens is 230 g/mol. The van der Waals surface area contributed by atoms with E-state index in [1.807, 2.05) is 0 Å². The van der Waals surface area contributed by atoms with Gasteiger partial charge in [0, 0.05) is 6.04 Å². The molecule has 4 heteroatoms. The first kappa shape index (κ1) is 13.1. The maximum Gasteiger partial charge on any atom is 0.328 e. The molecule has 0 spiro atoms. The summed E-state index contributed by atoms with van der Waals surface area (Å²) in [6.07, 6.45) is 6.51. The fourth-order valence-electron chi connectivity index (χ4n) is 3.33. The first-order chi connectivity index (χ1) is 8.69. The minimum atomic E-state index is -0.399. The molecule has 2 rings (SSSR count). The Morgan fingerprint density at radius 1 is 1.39 bits per heavy atom. The van der Waals surface area contributed by atoms with E-state index in [2.05, 4.69) is 6.58 Å². The Morgan fingerprint density at radius 3 is 2.78 bits per heavy atom. The average molecular weight is 251 g/mol. The molecule has 1 saturated carbocycles. The quantitative estimate of drug-likeness (QED) is 0.568. The molecule has 4 nitrogen and oxygen atoms in total. The molecule has 1 amide bonds. The Bertz CT molecular complexity index is 353. The summed E-state index contributed by atoms with van der Waals surface area (Å²) in [4.78, 5) is 25.7. The number of rotatable bonds is 3. The second-order valence-corrected chi connectivity index (χ2v) is 5.07. The van der Waals surface area contributed by atoms with Gasteiger partial charge in [0.25, 0.3) is 0 Å². The van der Waals surface area contributed by atoms with Gasteiger partial charge in [-0.05, 0) is 38.2 Å². The highest BCUT2D eigenvalue weighted by molar-refractivity contribution is 5.92. The molecule has 0 unspecified atom stereocenters. The molecule has 1 aliphatic carbocycles. The summed E-state index contributed by atoms with van der Waals surface area (Å²) in [5, 5.41) is 0. The molecule has 0 aromatic carbocycles. The number of likely N-dealkylation sites (tertiary alicyclic amines) is 1. The lowest BCUT2D eigenvalue weighted by molar-refractivity contribution is -0.152. The lowest BCUT2D eigenvalue weighted by Gasteiger charge is -2.32. The van der Waals surface area contributed by atoms with Gasteiger partial charge in [0.05, 0.1) is 6.61 Å². The normalized spacial score (nSPS) is 30.7. The van der Waals surface area contributed by atoms with Crippen molar-refractivity contribution in [2.24, 2.45) is 5.92 Å². The van der Waals surface area contributed by atoms with Gasteiger partial charge in [-0.25, -0.2) is 4.79 Å². The summed E-state index contributed by atoms with van der Waals surface area (Å²) in [5.41, 5.74) is 0. The van der Waals surface area contributed by atoms with E-state index in [-0.39, 0.29) is 17.9 Å². The van der Waals surface area contributed by atoms with Crippen LogP contribution < -0.4 is 0 Å². The predicted octanol–water partition coefficient (Wildman–Crippen LogP) is 1.90. The van der Waals surface area contributed by atoms with Crippen LogP contribution >= 0.6 is 0 Å². The minimum Gasteiger partial charge on any atom is -0.464 e.